The van der Waals surface area contributed by atoms with E-state index < -0.39 is 0 Å². The molecule has 0 bridgehead atoms. The standard InChI is InChI=1S/C30H48O/c1-19(2)20-12-16-27(5)21(20)13-17-29(7)23(27)10-11-24-28(6)15-9-14-26(3,4)25(28)22(31)18-30(24,29)8/h20-21,23-25H,1,9-18H2,2-8H3/t20-,21-,23+,24+,25-,27-,28+,29+,30+/m0/s1. The highest BCUT2D eigenvalue weighted by atomic mass is 16.1. The maximum atomic E-state index is 14.0. The van der Waals surface area contributed by atoms with Gasteiger partial charge in [0.15, 0.2) is 0 Å². The topological polar surface area (TPSA) is 17.1 Å². The molecule has 1 nitrogen and oxygen atoms in total. The van der Waals surface area contributed by atoms with Crippen LogP contribution in [0.1, 0.15) is 113 Å². The second kappa shape index (κ2) is 6.50. The monoisotopic (exact) mass is 424 g/mol. The lowest BCUT2D eigenvalue weighted by atomic mass is 9.32. The summed E-state index contributed by atoms with van der Waals surface area (Å²) in [5.41, 5.74) is 2.71. The zero-order chi connectivity index (χ0) is 22.6. The van der Waals surface area contributed by atoms with Crippen molar-refractivity contribution in [1.29, 1.82) is 0 Å². The summed E-state index contributed by atoms with van der Waals surface area (Å²) in [7, 11) is 0. The lowest BCUT2D eigenvalue weighted by Crippen LogP contribution is -2.67. The van der Waals surface area contributed by atoms with Gasteiger partial charge in [-0.3, -0.25) is 4.79 Å². The molecule has 0 spiro atoms. The number of ketones is 1. The quantitative estimate of drug-likeness (QED) is 0.387. The zero-order valence-electron chi connectivity index (χ0n) is 21.6. The van der Waals surface area contributed by atoms with Gasteiger partial charge in [-0.25, -0.2) is 0 Å². The lowest BCUT2D eigenvalue weighted by Gasteiger charge is -2.72. The molecule has 5 saturated carbocycles. The van der Waals surface area contributed by atoms with Crippen LogP contribution in [-0.2, 0) is 4.79 Å². The highest BCUT2D eigenvalue weighted by Crippen LogP contribution is 2.77. The van der Waals surface area contributed by atoms with Crippen LogP contribution in [0.4, 0.5) is 0 Å². The molecular formula is C30H48O. The summed E-state index contributed by atoms with van der Waals surface area (Å²) >= 11 is 0. The maximum absolute atomic E-state index is 14.0. The first-order valence-electron chi connectivity index (χ1n) is 13.5. The predicted octanol–water partition coefficient (Wildman–Crippen LogP) is 8.23. The van der Waals surface area contributed by atoms with Crippen molar-refractivity contribution in [3.63, 3.8) is 0 Å². The summed E-state index contributed by atoms with van der Waals surface area (Å²) in [5.74, 6) is 3.93. The number of hydrogen-bond acceptors (Lipinski definition) is 1. The van der Waals surface area contributed by atoms with E-state index in [1.54, 1.807) is 0 Å². The van der Waals surface area contributed by atoms with Crippen LogP contribution in [-0.4, -0.2) is 5.78 Å². The smallest absolute Gasteiger partial charge is 0.137 e. The second-order valence-electron chi connectivity index (χ2n) is 14.6. The summed E-state index contributed by atoms with van der Waals surface area (Å²) in [5, 5.41) is 0. The molecule has 1 heteroatoms. The van der Waals surface area contributed by atoms with Crippen LogP contribution >= 0.6 is 0 Å². The van der Waals surface area contributed by atoms with Crippen molar-refractivity contribution in [2.75, 3.05) is 0 Å². The van der Waals surface area contributed by atoms with E-state index in [0.29, 0.717) is 22.5 Å². The minimum absolute atomic E-state index is 0.168. The molecule has 5 aliphatic rings. The Morgan fingerprint density at radius 2 is 1.45 bits per heavy atom. The van der Waals surface area contributed by atoms with Gasteiger partial charge >= 0.3 is 0 Å². The Kier molecular flexibility index (Phi) is 4.66. The van der Waals surface area contributed by atoms with Crippen molar-refractivity contribution >= 4 is 5.78 Å². The molecule has 0 N–H and O–H groups in total. The Hall–Kier alpha value is -0.590. The highest BCUT2D eigenvalue weighted by molar-refractivity contribution is 5.85. The molecule has 9 atom stereocenters. The van der Waals surface area contributed by atoms with E-state index in [0.717, 1.165) is 24.2 Å². The molecule has 5 aliphatic carbocycles. The number of fused-ring (bicyclic) bond motifs is 7. The van der Waals surface area contributed by atoms with Gasteiger partial charge in [-0.1, -0.05) is 60.1 Å². The van der Waals surface area contributed by atoms with E-state index in [-0.39, 0.29) is 22.2 Å². The van der Waals surface area contributed by atoms with Gasteiger partial charge in [0.05, 0.1) is 0 Å². The first kappa shape index (κ1) is 22.2. The van der Waals surface area contributed by atoms with Gasteiger partial charge in [-0.2, -0.15) is 0 Å². The number of rotatable bonds is 1. The Balaban J connectivity index is 1.56. The number of hydrogen-bond donors (Lipinski definition) is 0. The fourth-order valence-corrected chi connectivity index (χ4v) is 11.7. The molecule has 0 heterocycles. The highest BCUT2D eigenvalue weighted by Gasteiger charge is 2.71. The maximum Gasteiger partial charge on any atom is 0.137 e. The van der Waals surface area contributed by atoms with Crippen LogP contribution in [0.2, 0.25) is 0 Å². The lowest BCUT2D eigenvalue weighted by molar-refractivity contribution is -0.233. The number of Topliss-reactive ketones (excluding diaryl/α,β-unsaturated/α-hetero) is 1. The fraction of sp³-hybridized carbons (Fsp3) is 0.900. The Labute approximate surface area is 192 Å². The van der Waals surface area contributed by atoms with Crippen molar-refractivity contribution in [1.82, 2.24) is 0 Å². The molecule has 0 aromatic heterocycles. The van der Waals surface area contributed by atoms with Crippen molar-refractivity contribution < 1.29 is 4.79 Å². The third-order valence-corrected chi connectivity index (χ3v) is 13.0. The molecule has 0 unspecified atom stereocenters. The van der Waals surface area contributed by atoms with E-state index in [2.05, 4.69) is 55.0 Å². The van der Waals surface area contributed by atoms with Crippen LogP contribution in [0, 0.1) is 56.7 Å². The molecule has 0 saturated heterocycles. The van der Waals surface area contributed by atoms with E-state index in [9.17, 15) is 4.79 Å². The summed E-state index contributed by atoms with van der Waals surface area (Å²) in [6.07, 6.45) is 12.8. The largest absolute Gasteiger partial charge is 0.299 e. The normalized spacial score (nSPS) is 55.6. The average molecular weight is 425 g/mol. The summed E-state index contributed by atoms with van der Waals surface area (Å²) < 4.78 is 0. The first-order valence-corrected chi connectivity index (χ1v) is 13.5. The van der Waals surface area contributed by atoms with Gasteiger partial charge in [-0.05, 0) is 109 Å². The predicted molar refractivity (Wildman–Crippen MR) is 130 cm³/mol. The van der Waals surface area contributed by atoms with Crippen molar-refractivity contribution in [3.05, 3.63) is 12.2 Å². The van der Waals surface area contributed by atoms with Crippen LogP contribution < -0.4 is 0 Å². The van der Waals surface area contributed by atoms with Gasteiger partial charge in [0, 0.05) is 12.3 Å². The van der Waals surface area contributed by atoms with Crippen molar-refractivity contribution in [2.24, 2.45) is 56.7 Å². The fourth-order valence-electron chi connectivity index (χ4n) is 11.7. The first-order chi connectivity index (χ1) is 14.3. The molecule has 5 rings (SSSR count). The number of carbonyl (C=O) groups excluding carboxylic acids is 1. The number of carbonyl (C=O) groups is 1. The Morgan fingerprint density at radius 3 is 2.10 bits per heavy atom. The van der Waals surface area contributed by atoms with Crippen LogP contribution in [0.25, 0.3) is 0 Å². The Bertz CT molecular complexity index is 807. The van der Waals surface area contributed by atoms with Gasteiger partial charge in [0.25, 0.3) is 0 Å². The van der Waals surface area contributed by atoms with Crippen LogP contribution in [0.15, 0.2) is 12.2 Å². The molecule has 0 aromatic rings. The molecule has 0 radical (unpaired) electrons. The van der Waals surface area contributed by atoms with E-state index >= 15 is 0 Å². The zero-order valence-corrected chi connectivity index (χ0v) is 21.6. The molecular weight excluding hydrogens is 376 g/mol. The number of allylic oxidation sites excluding steroid dienone is 1. The third-order valence-electron chi connectivity index (χ3n) is 13.0. The van der Waals surface area contributed by atoms with Crippen molar-refractivity contribution in [2.45, 2.75) is 113 Å². The van der Waals surface area contributed by atoms with Gasteiger partial charge < -0.3 is 0 Å². The Morgan fingerprint density at radius 1 is 0.806 bits per heavy atom. The van der Waals surface area contributed by atoms with Gasteiger partial charge in [0.1, 0.15) is 5.78 Å². The van der Waals surface area contributed by atoms with Crippen LogP contribution in [0.5, 0.6) is 0 Å². The summed E-state index contributed by atoms with van der Waals surface area (Å²) in [4.78, 5) is 14.0. The second-order valence-corrected chi connectivity index (χ2v) is 14.6. The summed E-state index contributed by atoms with van der Waals surface area (Å²) in [6, 6.07) is 0. The minimum atomic E-state index is 0.168. The average Bonchev–Trinajstić information content (AvgIpc) is 2.98. The van der Waals surface area contributed by atoms with Crippen LogP contribution in [0.3, 0.4) is 0 Å². The van der Waals surface area contributed by atoms with Crippen molar-refractivity contribution in [3.8, 4) is 0 Å². The van der Waals surface area contributed by atoms with Gasteiger partial charge in [-0.15, -0.1) is 0 Å². The summed E-state index contributed by atoms with van der Waals surface area (Å²) in [6.45, 7) is 21.9. The SMILES string of the molecule is C=C(C)[C@@H]1CC[C@]2(C)[C@H]3CC[C@@H]4[C@@]5(C)CCCC(C)(C)[C@@H]5C(=O)C[C@@]4(C)[C@]3(C)CC[C@@H]12. The van der Waals surface area contributed by atoms with E-state index in [4.69, 9.17) is 0 Å². The molecule has 0 aromatic carbocycles. The minimum Gasteiger partial charge on any atom is -0.299 e. The van der Waals surface area contributed by atoms with E-state index in [1.165, 1.54) is 63.4 Å². The molecule has 0 aliphatic heterocycles. The van der Waals surface area contributed by atoms with E-state index in [1.807, 2.05) is 0 Å². The molecule has 174 valence electrons. The third kappa shape index (κ3) is 2.59. The molecule has 0 amide bonds. The molecule has 5 fully saturated rings. The molecule has 31 heavy (non-hydrogen) atoms. The van der Waals surface area contributed by atoms with Gasteiger partial charge in [0.2, 0.25) is 0 Å².